The molecule has 7 heteroatoms. The Hall–Kier alpha value is -2.83. The average molecular weight is 308 g/mol. The SMILES string of the molecule is Cc1nc(N2CC(Cn3ncccc3=O)C2)c2ccncc2n1. The Kier molecular flexibility index (Phi) is 3.25. The van der Waals surface area contributed by atoms with Gasteiger partial charge in [-0.05, 0) is 19.1 Å². The number of aryl methyl sites for hydroxylation is 1. The van der Waals surface area contributed by atoms with Crippen molar-refractivity contribution in [2.75, 3.05) is 18.0 Å². The van der Waals surface area contributed by atoms with Gasteiger partial charge in [-0.15, -0.1) is 0 Å². The van der Waals surface area contributed by atoms with Crippen molar-refractivity contribution in [3.8, 4) is 0 Å². The van der Waals surface area contributed by atoms with Crippen LogP contribution in [0.5, 0.6) is 0 Å². The fourth-order valence-electron chi connectivity index (χ4n) is 2.95. The third-order valence-corrected chi connectivity index (χ3v) is 4.06. The van der Waals surface area contributed by atoms with Crippen LogP contribution in [0.4, 0.5) is 5.82 Å². The zero-order valence-corrected chi connectivity index (χ0v) is 12.8. The lowest BCUT2D eigenvalue weighted by Crippen LogP contribution is -2.50. The third kappa shape index (κ3) is 2.54. The minimum atomic E-state index is -0.0552. The average Bonchev–Trinajstić information content (AvgIpc) is 2.51. The summed E-state index contributed by atoms with van der Waals surface area (Å²) in [5.74, 6) is 2.08. The van der Waals surface area contributed by atoms with E-state index < -0.39 is 0 Å². The van der Waals surface area contributed by atoms with E-state index in [0.717, 1.165) is 35.6 Å². The first-order chi connectivity index (χ1) is 11.2. The van der Waals surface area contributed by atoms with Crippen molar-refractivity contribution >= 4 is 16.7 Å². The second kappa shape index (κ2) is 5.42. The zero-order valence-electron chi connectivity index (χ0n) is 12.8. The summed E-state index contributed by atoms with van der Waals surface area (Å²) in [5, 5.41) is 5.13. The fraction of sp³-hybridized carbons (Fsp3) is 0.312. The molecule has 0 radical (unpaired) electrons. The van der Waals surface area contributed by atoms with Crippen LogP contribution >= 0.6 is 0 Å². The van der Waals surface area contributed by atoms with Crippen LogP contribution < -0.4 is 10.5 Å². The molecule has 4 rings (SSSR count). The van der Waals surface area contributed by atoms with Crippen molar-refractivity contribution in [3.05, 3.63) is 53.0 Å². The maximum Gasteiger partial charge on any atom is 0.266 e. The van der Waals surface area contributed by atoms with Gasteiger partial charge in [0.2, 0.25) is 0 Å². The van der Waals surface area contributed by atoms with Crippen LogP contribution in [-0.2, 0) is 6.54 Å². The van der Waals surface area contributed by atoms with Gasteiger partial charge in [-0.25, -0.2) is 14.6 Å². The first-order valence-electron chi connectivity index (χ1n) is 7.56. The summed E-state index contributed by atoms with van der Waals surface area (Å²) in [6.07, 6.45) is 5.17. The molecule has 0 atom stereocenters. The molecule has 4 heterocycles. The first kappa shape index (κ1) is 13.8. The number of rotatable bonds is 3. The summed E-state index contributed by atoms with van der Waals surface area (Å²) in [7, 11) is 0. The highest BCUT2D eigenvalue weighted by Gasteiger charge is 2.30. The highest BCUT2D eigenvalue weighted by Crippen LogP contribution is 2.29. The number of pyridine rings is 1. The molecule has 3 aromatic rings. The molecule has 0 spiro atoms. The van der Waals surface area contributed by atoms with Crippen molar-refractivity contribution in [2.45, 2.75) is 13.5 Å². The Morgan fingerprint density at radius 3 is 2.91 bits per heavy atom. The highest BCUT2D eigenvalue weighted by molar-refractivity contribution is 5.89. The Bertz CT molecular complexity index is 916. The maximum absolute atomic E-state index is 11.7. The van der Waals surface area contributed by atoms with Gasteiger partial charge in [0.1, 0.15) is 11.6 Å². The molecule has 1 fully saturated rings. The van der Waals surface area contributed by atoms with E-state index in [-0.39, 0.29) is 5.56 Å². The second-order valence-electron chi connectivity index (χ2n) is 5.80. The van der Waals surface area contributed by atoms with E-state index in [1.54, 1.807) is 24.7 Å². The third-order valence-electron chi connectivity index (χ3n) is 4.06. The van der Waals surface area contributed by atoms with Gasteiger partial charge in [0.25, 0.3) is 5.56 Å². The Labute approximate surface area is 132 Å². The van der Waals surface area contributed by atoms with E-state index in [2.05, 4.69) is 25.0 Å². The molecule has 23 heavy (non-hydrogen) atoms. The Morgan fingerprint density at radius 2 is 2.09 bits per heavy atom. The molecule has 0 aromatic carbocycles. The van der Waals surface area contributed by atoms with E-state index in [1.807, 2.05) is 13.0 Å². The van der Waals surface area contributed by atoms with E-state index in [9.17, 15) is 4.79 Å². The van der Waals surface area contributed by atoms with Crippen LogP contribution in [0, 0.1) is 12.8 Å². The number of fused-ring (bicyclic) bond motifs is 1. The first-order valence-corrected chi connectivity index (χ1v) is 7.56. The van der Waals surface area contributed by atoms with Crippen molar-refractivity contribution in [2.24, 2.45) is 5.92 Å². The molecule has 0 bridgehead atoms. The summed E-state index contributed by atoms with van der Waals surface area (Å²) >= 11 is 0. The number of anilines is 1. The van der Waals surface area contributed by atoms with Crippen LogP contribution in [0.3, 0.4) is 0 Å². The highest BCUT2D eigenvalue weighted by atomic mass is 16.1. The van der Waals surface area contributed by atoms with Crippen LogP contribution in [0.1, 0.15) is 5.82 Å². The van der Waals surface area contributed by atoms with Crippen molar-refractivity contribution in [3.63, 3.8) is 0 Å². The number of hydrogen-bond donors (Lipinski definition) is 0. The molecule has 0 N–H and O–H groups in total. The Morgan fingerprint density at radius 1 is 1.22 bits per heavy atom. The molecule has 0 unspecified atom stereocenters. The van der Waals surface area contributed by atoms with Gasteiger partial charge in [-0.2, -0.15) is 5.10 Å². The molecule has 0 saturated carbocycles. The number of hydrogen-bond acceptors (Lipinski definition) is 6. The summed E-state index contributed by atoms with van der Waals surface area (Å²) in [4.78, 5) is 27.1. The minimum Gasteiger partial charge on any atom is -0.355 e. The van der Waals surface area contributed by atoms with Gasteiger partial charge >= 0.3 is 0 Å². The van der Waals surface area contributed by atoms with Gasteiger partial charge in [0.15, 0.2) is 0 Å². The zero-order chi connectivity index (χ0) is 15.8. The fourth-order valence-corrected chi connectivity index (χ4v) is 2.95. The molecule has 0 aliphatic carbocycles. The van der Waals surface area contributed by atoms with Gasteiger partial charge in [0.05, 0.1) is 18.3 Å². The summed E-state index contributed by atoms with van der Waals surface area (Å²) in [6, 6.07) is 5.15. The largest absolute Gasteiger partial charge is 0.355 e. The van der Waals surface area contributed by atoms with E-state index in [4.69, 9.17) is 0 Å². The van der Waals surface area contributed by atoms with Crippen LogP contribution in [0.2, 0.25) is 0 Å². The molecule has 3 aromatic heterocycles. The van der Waals surface area contributed by atoms with Crippen LogP contribution in [0.25, 0.3) is 10.9 Å². The topological polar surface area (TPSA) is 76.8 Å². The van der Waals surface area contributed by atoms with E-state index in [1.165, 1.54) is 10.7 Å². The Balaban J connectivity index is 1.54. The lowest BCUT2D eigenvalue weighted by molar-refractivity contribution is 0.333. The van der Waals surface area contributed by atoms with Crippen LogP contribution in [-0.4, -0.2) is 37.8 Å². The predicted octanol–water partition coefficient (Wildman–Crippen LogP) is 1.03. The summed E-state index contributed by atoms with van der Waals surface area (Å²) < 4.78 is 1.52. The minimum absolute atomic E-state index is 0.0552. The van der Waals surface area contributed by atoms with Crippen molar-refractivity contribution in [1.29, 1.82) is 0 Å². The lowest BCUT2D eigenvalue weighted by Gasteiger charge is -2.40. The molecular formula is C16H16N6O. The summed E-state index contributed by atoms with van der Waals surface area (Å²) in [6.45, 7) is 4.24. The molecule has 1 saturated heterocycles. The molecule has 116 valence electrons. The number of nitrogens with zero attached hydrogens (tertiary/aromatic N) is 6. The van der Waals surface area contributed by atoms with Gasteiger partial charge in [-0.1, -0.05) is 0 Å². The van der Waals surface area contributed by atoms with Gasteiger partial charge in [-0.3, -0.25) is 9.78 Å². The summed E-state index contributed by atoms with van der Waals surface area (Å²) in [5.41, 5.74) is 0.805. The molecule has 1 aliphatic heterocycles. The molecule has 1 aliphatic rings. The molecular weight excluding hydrogens is 292 g/mol. The van der Waals surface area contributed by atoms with Crippen molar-refractivity contribution in [1.82, 2.24) is 24.7 Å². The van der Waals surface area contributed by atoms with Gasteiger partial charge in [0, 0.05) is 42.9 Å². The normalized spacial score (nSPS) is 14.9. The van der Waals surface area contributed by atoms with Gasteiger partial charge < -0.3 is 4.90 Å². The second-order valence-corrected chi connectivity index (χ2v) is 5.80. The monoisotopic (exact) mass is 308 g/mol. The van der Waals surface area contributed by atoms with E-state index >= 15 is 0 Å². The van der Waals surface area contributed by atoms with Crippen LogP contribution in [0.15, 0.2) is 41.6 Å². The molecule has 7 nitrogen and oxygen atoms in total. The standard InChI is InChI=1S/C16H16N6O/c1-11-19-14-7-17-6-4-13(14)16(20-11)21-8-12(9-21)10-22-15(23)3-2-5-18-22/h2-7,12H,8-10H2,1H3. The van der Waals surface area contributed by atoms with E-state index in [0.29, 0.717) is 12.5 Å². The molecule has 0 amide bonds. The number of aromatic nitrogens is 5. The quantitative estimate of drug-likeness (QED) is 0.719. The predicted molar refractivity (Wildman–Crippen MR) is 86.3 cm³/mol. The smallest absolute Gasteiger partial charge is 0.266 e. The lowest BCUT2D eigenvalue weighted by atomic mass is 9.99. The van der Waals surface area contributed by atoms with Crippen molar-refractivity contribution < 1.29 is 0 Å². The maximum atomic E-state index is 11.7.